The standard InChI is InChI=1S/C8H10N4O3S/c13-6(14)3-5-7(15)9-1-2-12(5)8-11-10-4-16-8/h4-5H,1-3H2,(H,9,15)(H,13,14). The molecule has 1 aromatic rings. The molecule has 1 amide bonds. The lowest BCUT2D eigenvalue weighted by Gasteiger charge is -2.33. The van der Waals surface area contributed by atoms with Crippen LogP contribution >= 0.6 is 11.3 Å². The van der Waals surface area contributed by atoms with Crippen LogP contribution in [0.25, 0.3) is 0 Å². The summed E-state index contributed by atoms with van der Waals surface area (Å²) < 4.78 is 0. The van der Waals surface area contributed by atoms with Crippen LogP contribution in [0.4, 0.5) is 5.13 Å². The second-order valence-electron chi connectivity index (χ2n) is 3.32. The monoisotopic (exact) mass is 242 g/mol. The number of rotatable bonds is 3. The molecule has 1 atom stereocenters. The van der Waals surface area contributed by atoms with Gasteiger partial charge >= 0.3 is 5.97 Å². The summed E-state index contributed by atoms with van der Waals surface area (Å²) in [6.07, 6.45) is -0.231. The molecule has 0 saturated carbocycles. The molecule has 1 aliphatic rings. The number of hydrogen-bond acceptors (Lipinski definition) is 6. The molecular weight excluding hydrogens is 232 g/mol. The molecule has 0 aliphatic carbocycles. The largest absolute Gasteiger partial charge is 0.481 e. The first-order valence-electron chi connectivity index (χ1n) is 4.71. The number of aliphatic carboxylic acids is 1. The molecule has 0 aromatic carbocycles. The Morgan fingerprint density at radius 1 is 1.75 bits per heavy atom. The van der Waals surface area contributed by atoms with Crippen LogP contribution < -0.4 is 10.2 Å². The number of nitrogens with one attached hydrogen (secondary N) is 1. The van der Waals surface area contributed by atoms with Gasteiger partial charge in [-0.2, -0.15) is 0 Å². The van der Waals surface area contributed by atoms with Crippen molar-refractivity contribution in [3.63, 3.8) is 0 Å². The zero-order valence-electron chi connectivity index (χ0n) is 8.29. The summed E-state index contributed by atoms with van der Waals surface area (Å²) in [6.45, 7) is 1.05. The number of nitrogens with zero attached hydrogens (tertiary/aromatic N) is 3. The van der Waals surface area contributed by atoms with Gasteiger partial charge in [-0.15, -0.1) is 10.2 Å². The maximum Gasteiger partial charge on any atom is 0.305 e. The van der Waals surface area contributed by atoms with Gasteiger partial charge in [0.05, 0.1) is 6.42 Å². The SMILES string of the molecule is O=C(O)CC1C(=O)NCCN1c1nncs1. The quantitative estimate of drug-likeness (QED) is 0.729. The Balaban J connectivity index is 2.20. The van der Waals surface area contributed by atoms with E-state index in [-0.39, 0.29) is 12.3 Å². The van der Waals surface area contributed by atoms with Crippen molar-refractivity contribution in [1.29, 1.82) is 0 Å². The molecule has 0 radical (unpaired) electrons. The van der Waals surface area contributed by atoms with E-state index < -0.39 is 12.0 Å². The van der Waals surface area contributed by atoms with E-state index >= 15 is 0 Å². The second kappa shape index (κ2) is 4.44. The summed E-state index contributed by atoms with van der Waals surface area (Å²) in [5, 5.41) is 19.5. The van der Waals surface area contributed by atoms with Gasteiger partial charge in [0.25, 0.3) is 0 Å². The fraction of sp³-hybridized carbons (Fsp3) is 0.500. The van der Waals surface area contributed by atoms with Crippen LogP contribution in [0.15, 0.2) is 5.51 Å². The van der Waals surface area contributed by atoms with Gasteiger partial charge < -0.3 is 15.3 Å². The van der Waals surface area contributed by atoms with Crippen molar-refractivity contribution in [3.8, 4) is 0 Å². The molecule has 86 valence electrons. The highest BCUT2D eigenvalue weighted by Gasteiger charge is 2.33. The maximum atomic E-state index is 11.6. The Bertz CT molecular complexity index is 394. The number of carboxylic acids is 1. The minimum atomic E-state index is -1.00. The van der Waals surface area contributed by atoms with E-state index in [9.17, 15) is 9.59 Å². The van der Waals surface area contributed by atoms with Crippen LogP contribution in [-0.4, -0.2) is 46.3 Å². The van der Waals surface area contributed by atoms with Gasteiger partial charge in [-0.3, -0.25) is 9.59 Å². The van der Waals surface area contributed by atoms with Gasteiger partial charge in [-0.1, -0.05) is 11.3 Å². The van der Waals surface area contributed by atoms with Crippen molar-refractivity contribution in [2.75, 3.05) is 18.0 Å². The third-order valence-electron chi connectivity index (χ3n) is 2.29. The molecule has 1 unspecified atom stereocenters. The van der Waals surface area contributed by atoms with Gasteiger partial charge in [-0.25, -0.2) is 0 Å². The van der Waals surface area contributed by atoms with Gasteiger partial charge in [0, 0.05) is 13.1 Å². The summed E-state index contributed by atoms with van der Waals surface area (Å²) in [4.78, 5) is 23.9. The van der Waals surface area contributed by atoms with Crippen LogP contribution in [0.3, 0.4) is 0 Å². The fourth-order valence-electron chi connectivity index (χ4n) is 1.60. The molecule has 2 rings (SSSR count). The highest BCUT2D eigenvalue weighted by Crippen LogP contribution is 2.21. The topological polar surface area (TPSA) is 95.4 Å². The van der Waals surface area contributed by atoms with Gasteiger partial charge in [0.1, 0.15) is 11.6 Å². The van der Waals surface area contributed by atoms with E-state index in [2.05, 4.69) is 15.5 Å². The third-order valence-corrected chi connectivity index (χ3v) is 3.02. The molecule has 7 nitrogen and oxygen atoms in total. The highest BCUT2D eigenvalue weighted by atomic mass is 32.1. The van der Waals surface area contributed by atoms with Crippen molar-refractivity contribution < 1.29 is 14.7 Å². The van der Waals surface area contributed by atoms with Crippen LogP contribution in [0.5, 0.6) is 0 Å². The molecule has 8 heteroatoms. The highest BCUT2D eigenvalue weighted by molar-refractivity contribution is 7.13. The van der Waals surface area contributed by atoms with Gasteiger partial charge in [0.15, 0.2) is 0 Å². The molecule has 1 aromatic heterocycles. The molecular formula is C8H10N4O3S. The number of piperazine rings is 1. The van der Waals surface area contributed by atoms with E-state index in [1.54, 1.807) is 10.4 Å². The average Bonchev–Trinajstić information content (AvgIpc) is 2.73. The molecule has 2 heterocycles. The van der Waals surface area contributed by atoms with Crippen LogP contribution in [-0.2, 0) is 9.59 Å². The van der Waals surface area contributed by atoms with Gasteiger partial charge in [-0.05, 0) is 0 Å². The average molecular weight is 242 g/mol. The smallest absolute Gasteiger partial charge is 0.305 e. The maximum absolute atomic E-state index is 11.6. The predicted molar refractivity (Wildman–Crippen MR) is 56.3 cm³/mol. The Hall–Kier alpha value is -1.70. The summed E-state index contributed by atoms with van der Waals surface area (Å²) in [5.41, 5.74) is 1.56. The van der Waals surface area contributed by atoms with Crippen molar-refractivity contribution in [2.45, 2.75) is 12.5 Å². The van der Waals surface area contributed by atoms with Crippen molar-refractivity contribution in [2.24, 2.45) is 0 Å². The number of aromatic nitrogens is 2. The fourth-order valence-corrected chi connectivity index (χ4v) is 2.24. The van der Waals surface area contributed by atoms with Crippen molar-refractivity contribution in [3.05, 3.63) is 5.51 Å². The summed E-state index contributed by atoms with van der Waals surface area (Å²) in [5.74, 6) is -1.28. The van der Waals surface area contributed by atoms with Crippen LogP contribution in [0, 0.1) is 0 Å². The number of carbonyl (C=O) groups is 2. The molecule has 0 spiro atoms. The lowest BCUT2D eigenvalue weighted by molar-refractivity contribution is -0.139. The Labute approximate surface area is 95.1 Å². The second-order valence-corrected chi connectivity index (χ2v) is 4.13. The van der Waals surface area contributed by atoms with Crippen molar-refractivity contribution >= 4 is 28.3 Å². The number of carbonyl (C=O) groups excluding carboxylic acids is 1. The van der Waals surface area contributed by atoms with Crippen LogP contribution in [0.2, 0.25) is 0 Å². The number of carboxylic acid groups (broad SMARTS) is 1. The lowest BCUT2D eigenvalue weighted by Crippen LogP contribution is -2.56. The van der Waals surface area contributed by atoms with Crippen molar-refractivity contribution in [1.82, 2.24) is 15.5 Å². The first kappa shape index (κ1) is 10.8. The molecule has 1 saturated heterocycles. The summed E-state index contributed by atoms with van der Waals surface area (Å²) in [7, 11) is 0. The Morgan fingerprint density at radius 2 is 2.56 bits per heavy atom. The van der Waals surface area contributed by atoms with E-state index in [4.69, 9.17) is 5.11 Å². The zero-order valence-corrected chi connectivity index (χ0v) is 9.11. The predicted octanol–water partition coefficient (Wildman–Crippen LogP) is -0.682. The number of anilines is 1. The summed E-state index contributed by atoms with van der Waals surface area (Å²) in [6, 6.07) is -0.695. The number of hydrogen-bond donors (Lipinski definition) is 2. The minimum absolute atomic E-state index is 0.231. The Morgan fingerprint density at radius 3 is 3.19 bits per heavy atom. The van der Waals surface area contributed by atoms with Crippen LogP contribution in [0.1, 0.15) is 6.42 Å². The number of amides is 1. The first-order chi connectivity index (χ1) is 7.68. The van der Waals surface area contributed by atoms with E-state index in [1.807, 2.05) is 0 Å². The Kier molecular flexibility index (Phi) is 3.00. The third kappa shape index (κ3) is 2.11. The summed E-state index contributed by atoms with van der Waals surface area (Å²) >= 11 is 1.29. The lowest BCUT2D eigenvalue weighted by atomic mass is 10.1. The molecule has 1 aliphatic heterocycles. The molecule has 0 bridgehead atoms. The molecule has 16 heavy (non-hydrogen) atoms. The zero-order chi connectivity index (χ0) is 11.5. The van der Waals surface area contributed by atoms with E-state index in [1.165, 1.54) is 11.3 Å². The normalized spacial score (nSPS) is 20.6. The minimum Gasteiger partial charge on any atom is -0.481 e. The molecule has 1 fully saturated rings. The van der Waals surface area contributed by atoms with E-state index in [0.717, 1.165) is 0 Å². The first-order valence-corrected chi connectivity index (χ1v) is 5.59. The van der Waals surface area contributed by atoms with Gasteiger partial charge in [0.2, 0.25) is 11.0 Å². The molecule has 2 N–H and O–H groups in total. The van der Waals surface area contributed by atoms with E-state index in [0.29, 0.717) is 18.2 Å².